The molecule has 2 heterocycles. The van der Waals surface area contributed by atoms with E-state index in [4.69, 9.17) is 0 Å². The van der Waals surface area contributed by atoms with Crippen LogP contribution in [0, 0.1) is 13.8 Å². The molecule has 0 bridgehead atoms. The van der Waals surface area contributed by atoms with Gasteiger partial charge < -0.3 is 9.88 Å². The van der Waals surface area contributed by atoms with Crippen molar-refractivity contribution >= 4 is 10.9 Å². The summed E-state index contributed by atoms with van der Waals surface area (Å²) in [5.74, 6) is 0. The normalized spacial score (nSPS) is 18.1. The van der Waals surface area contributed by atoms with Crippen LogP contribution >= 0.6 is 0 Å². The van der Waals surface area contributed by atoms with Gasteiger partial charge in [0, 0.05) is 36.6 Å². The third-order valence-electron chi connectivity index (χ3n) is 4.54. The Morgan fingerprint density at radius 3 is 2.67 bits per heavy atom. The number of nitrogens with one attached hydrogen (secondary N) is 1. The van der Waals surface area contributed by atoms with Gasteiger partial charge in [0.25, 0.3) is 0 Å². The Balaban J connectivity index is 2.48. The number of benzene rings is 1. The fourth-order valence-electron chi connectivity index (χ4n) is 3.44. The van der Waals surface area contributed by atoms with Crippen LogP contribution in [0.5, 0.6) is 0 Å². The molecular formula is C16H22N2. The summed E-state index contributed by atoms with van der Waals surface area (Å²) in [5.41, 5.74) is 7.43. The highest BCUT2D eigenvalue weighted by molar-refractivity contribution is 5.90. The quantitative estimate of drug-likeness (QED) is 0.751. The minimum Gasteiger partial charge on any atom is -0.346 e. The van der Waals surface area contributed by atoms with Crippen LogP contribution in [0.1, 0.15) is 36.2 Å². The van der Waals surface area contributed by atoms with Crippen LogP contribution in [0.25, 0.3) is 10.9 Å². The summed E-state index contributed by atoms with van der Waals surface area (Å²) in [5, 5.41) is 4.99. The van der Waals surface area contributed by atoms with E-state index in [1.807, 2.05) is 0 Å². The van der Waals surface area contributed by atoms with Crippen molar-refractivity contribution in [2.45, 2.75) is 39.7 Å². The van der Waals surface area contributed by atoms with Crippen LogP contribution in [0.15, 0.2) is 12.1 Å². The first-order valence-electron chi connectivity index (χ1n) is 6.72. The summed E-state index contributed by atoms with van der Waals surface area (Å²) in [4.78, 5) is 0. The Morgan fingerprint density at radius 2 is 1.94 bits per heavy atom. The molecule has 96 valence electrons. The molecule has 1 aromatic heterocycles. The molecule has 2 aromatic rings. The van der Waals surface area contributed by atoms with Crippen LogP contribution in [0.4, 0.5) is 0 Å². The lowest BCUT2D eigenvalue weighted by Gasteiger charge is -2.31. The molecule has 1 N–H and O–H groups in total. The number of aromatic nitrogens is 1. The van der Waals surface area contributed by atoms with Crippen LogP contribution in [0.3, 0.4) is 0 Å². The number of aryl methyl sites for hydroxylation is 3. The molecule has 0 aliphatic carbocycles. The molecule has 1 aliphatic rings. The second-order valence-electron chi connectivity index (χ2n) is 6.27. The number of hydrogen-bond acceptors (Lipinski definition) is 1. The lowest BCUT2D eigenvalue weighted by atomic mass is 9.80. The van der Waals surface area contributed by atoms with Gasteiger partial charge in [0.05, 0.1) is 5.52 Å². The topological polar surface area (TPSA) is 17.0 Å². The maximum Gasteiger partial charge on any atom is 0.0515 e. The molecule has 0 fully saturated rings. The van der Waals surface area contributed by atoms with Gasteiger partial charge in [-0.2, -0.15) is 0 Å². The second kappa shape index (κ2) is 3.61. The molecule has 0 unspecified atom stereocenters. The Bertz CT molecular complexity index is 632. The van der Waals surface area contributed by atoms with Crippen LogP contribution in [-0.2, 0) is 19.0 Å². The largest absolute Gasteiger partial charge is 0.346 e. The van der Waals surface area contributed by atoms with Gasteiger partial charge in [-0.1, -0.05) is 26.0 Å². The fraction of sp³-hybridized carbons (Fsp3) is 0.500. The molecule has 0 atom stereocenters. The van der Waals surface area contributed by atoms with E-state index in [9.17, 15) is 0 Å². The van der Waals surface area contributed by atoms with Gasteiger partial charge in [0.15, 0.2) is 0 Å². The maximum absolute atomic E-state index is 3.55. The third-order valence-corrected chi connectivity index (χ3v) is 4.54. The molecule has 3 rings (SSSR count). The molecule has 2 nitrogen and oxygen atoms in total. The van der Waals surface area contributed by atoms with Gasteiger partial charge in [-0.3, -0.25) is 0 Å². The van der Waals surface area contributed by atoms with Gasteiger partial charge in [-0.25, -0.2) is 0 Å². The second-order valence-corrected chi connectivity index (χ2v) is 6.27. The van der Waals surface area contributed by atoms with Gasteiger partial charge in [0.2, 0.25) is 0 Å². The van der Waals surface area contributed by atoms with Crippen molar-refractivity contribution < 1.29 is 0 Å². The van der Waals surface area contributed by atoms with Gasteiger partial charge in [-0.05, 0) is 30.5 Å². The highest BCUT2D eigenvalue weighted by Gasteiger charge is 2.32. The first-order valence-corrected chi connectivity index (χ1v) is 6.72. The summed E-state index contributed by atoms with van der Waals surface area (Å²) >= 11 is 0. The number of nitrogens with zero attached hydrogens (tertiary/aromatic N) is 1. The highest BCUT2D eigenvalue weighted by atomic mass is 15.0. The summed E-state index contributed by atoms with van der Waals surface area (Å²) < 4.78 is 2.39. The van der Waals surface area contributed by atoms with Crippen molar-refractivity contribution in [1.29, 1.82) is 0 Å². The summed E-state index contributed by atoms with van der Waals surface area (Å²) in [6.07, 6.45) is 0. The Labute approximate surface area is 109 Å². The Hall–Kier alpha value is -1.28. The van der Waals surface area contributed by atoms with Crippen LogP contribution in [0.2, 0.25) is 0 Å². The van der Waals surface area contributed by atoms with Crippen LogP contribution < -0.4 is 5.32 Å². The van der Waals surface area contributed by atoms with E-state index >= 15 is 0 Å². The van der Waals surface area contributed by atoms with Gasteiger partial charge in [0.1, 0.15) is 0 Å². The highest BCUT2D eigenvalue weighted by Crippen LogP contribution is 2.38. The van der Waals surface area contributed by atoms with Crippen molar-refractivity contribution in [1.82, 2.24) is 9.88 Å². The zero-order valence-electron chi connectivity index (χ0n) is 12.0. The molecule has 1 aromatic carbocycles. The standard InChI is InChI=1S/C16H22N2/c1-10-6-7-12-14-13(8-17-9-16(14,3)4)18(5)15(12)11(10)2/h6-7,17H,8-9H2,1-5H3. The summed E-state index contributed by atoms with van der Waals surface area (Å²) in [7, 11) is 2.21. The van der Waals surface area contributed by atoms with E-state index in [-0.39, 0.29) is 5.41 Å². The molecule has 0 spiro atoms. The molecular weight excluding hydrogens is 220 g/mol. The van der Waals surface area contributed by atoms with Crippen molar-refractivity contribution in [2.75, 3.05) is 6.54 Å². The van der Waals surface area contributed by atoms with E-state index in [1.165, 1.54) is 27.7 Å². The van der Waals surface area contributed by atoms with Crippen molar-refractivity contribution in [2.24, 2.45) is 7.05 Å². The number of fused-ring (bicyclic) bond motifs is 3. The zero-order chi connectivity index (χ0) is 13.1. The van der Waals surface area contributed by atoms with E-state index in [1.54, 1.807) is 5.56 Å². The van der Waals surface area contributed by atoms with Crippen LogP contribution in [-0.4, -0.2) is 11.1 Å². The minimum absolute atomic E-state index is 0.217. The summed E-state index contributed by atoms with van der Waals surface area (Å²) in [6.45, 7) is 11.2. The molecule has 18 heavy (non-hydrogen) atoms. The van der Waals surface area contributed by atoms with E-state index < -0.39 is 0 Å². The smallest absolute Gasteiger partial charge is 0.0515 e. The molecule has 2 heteroatoms. The monoisotopic (exact) mass is 242 g/mol. The predicted octanol–water partition coefficient (Wildman–Crippen LogP) is 3.18. The molecule has 0 saturated carbocycles. The average Bonchev–Trinajstić information content (AvgIpc) is 2.59. The zero-order valence-corrected chi connectivity index (χ0v) is 12.0. The van der Waals surface area contributed by atoms with E-state index in [0.29, 0.717) is 0 Å². The SMILES string of the molecule is Cc1ccc2c3c(n(C)c2c1C)CNCC3(C)C. The van der Waals surface area contributed by atoms with Crippen molar-refractivity contribution in [3.05, 3.63) is 34.5 Å². The molecule has 0 saturated heterocycles. The lowest BCUT2D eigenvalue weighted by Crippen LogP contribution is -2.38. The lowest BCUT2D eigenvalue weighted by molar-refractivity contribution is 0.429. The summed E-state index contributed by atoms with van der Waals surface area (Å²) in [6, 6.07) is 4.57. The minimum atomic E-state index is 0.217. The van der Waals surface area contributed by atoms with Crippen molar-refractivity contribution in [3.63, 3.8) is 0 Å². The predicted molar refractivity (Wildman–Crippen MR) is 77.1 cm³/mol. The fourth-order valence-corrected chi connectivity index (χ4v) is 3.44. The van der Waals surface area contributed by atoms with Gasteiger partial charge >= 0.3 is 0 Å². The third kappa shape index (κ3) is 1.39. The van der Waals surface area contributed by atoms with E-state index in [2.05, 4.69) is 56.8 Å². The molecule has 0 amide bonds. The van der Waals surface area contributed by atoms with Gasteiger partial charge in [-0.15, -0.1) is 0 Å². The number of rotatable bonds is 0. The van der Waals surface area contributed by atoms with E-state index in [0.717, 1.165) is 13.1 Å². The Morgan fingerprint density at radius 1 is 1.22 bits per heavy atom. The first kappa shape index (κ1) is 11.8. The first-order chi connectivity index (χ1) is 8.43. The maximum atomic E-state index is 3.55. The molecule has 0 radical (unpaired) electrons. The average molecular weight is 242 g/mol. The molecule has 1 aliphatic heterocycles. The van der Waals surface area contributed by atoms with Crippen molar-refractivity contribution in [3.8, 4) is 0 Å². The Kier molecular flexibility index (Phi) is 2.36. The number of hydrogen-bond donors (Lipinski definition) is 1.